The molecule has 1 saturated heterocycles. The largest absolute Gasteiger partial charge is 0.353 e. The maximum absolute atomic E-state index is 12.6. The zero-order valence-electron chi connectivity index (χ0n) is 15.2. The van der Waals surface area contributed by atoms with E-state index in [0.29, 0.717) is 43.6 Å². The number of carbonyl (C=O) groups excluding carboxylic acids is 1. The summed E-state index contributed by atoms with van der Waals surface area (Å²) in [6, 6.07) is 1.79. The summed E-state index contributed by atoms with van der Waals surface area (Å²) >= 11 is 0. The summed E-state index contributed by atoms with van der Waals surface area (Å²) in [7, 11) is 4.02. The highest BCUT2D eigenvalue weighted by Gasteiger charge is 2.23. The van der Waals surface area contributed by atoms with E-state index in [2.05, 4.69) is 35.1 Å². The van der Waals surface area contributed by atoms with Crippen LogP contribution in [0.4, 0.5) is 11.9 Å². The number of nitrogens with zero attached hydrogens (tertiary/aromatic N) is 7. The van der Waals surface area contributed by atoms with E-state index in [1.165, 1.54) is 0 Å². The Morgan fingerprint density at radius 2 is 1.73 bits per heavy atom. The predicted molar refractivity (Wildman–Crippen MR) is 99.2 cm³/mol. The molecule has 1 aliphatic heterocycles. The average Bonchev–Trinajstić information content (AvgIpc) is 2.68. The number of carbonyl (C=O) groups is 1. The molecule has 1 aliphatic rings. The maximum atomic E-state index is 12.6. The van der Waals surface area contributed by atoms with Gasteiger partial charge in [0.2, 0.25) is 11.9 Å². The first-order valence-electron chi connectivity index (χ1n) is 8.65. The molecule has 9 nitrogen and oxygen atoms in total. The highest BCUT2D eigenvalue weighted by molar-refractivity contribution is 5.93. The average molecular weight is 356 g/mol. The van der Waals surface area contributed by atoms with Crippen molar-refractivity contribution < 1.29 is 4.79 Å². The van der Waals surface area contributed by atoms with E-state index in [4.69, 9.17) is 0 Å². The van der Waals surface area contributed by atoms with Crippen LogP contribution >= 0.6 is 0 Å². The predicted octanol–water partition coefficient (Wildman–Crippen LogP) is 0.203. The highest BCUT2D eigenvalue weighted by atomic mass is 16.2. The normalized spacial score (nSPS) is 14.6. The van der Waals surface area contributed by atoms with E-state index in [1.54, 1.807) is 30.9 Å². The smallest absolute Gasteiger partial charge is 0.257 e. The second kappa shape index (κ2) is 8.52. The minimum absolute atomic E-state index is 0.0431. The van der Waals surface area contributed by atoms with Gasteiger partial charge in [0.1, 0.15) is 0 Å². The van der Waals surface area contributed by atoms with Crippen LogP contribution in [0.3, 0.4) is 0 Å². The first-order valence-corrected chi connectivity index (χ1v) is 8.65. The van der Waals surface area contributed by atoms with Crippen LogP contribution in [0.5, 0.6) is 0 Å². The maximum Gasteiger partial charge on any atom is 0.257 e. The molecule has 1 amide bonds. The molecule has 2 aromatic heterocycles. The minimum atomic E-state index is -0.0431. The van der Waals surface area contributed by atoms with E-state index in [0.717, 1.165) is 13.1 Å². The topological polar surface area (TPSA) is 90.4 Å². The van der Waals surface area contributed by atoms with E-state index in [1.807, 2.05) is 19.0 Å². The van der Waals surface area contributed by atoms with Gasteiger partial charge in [-0.05, 0) is 20.2 Å². The Morgan fingerprint density at radius 3 is 2.35 bits per heavy atom. The molecule has 0 saturated carbocycles. The van der Waals surface area contributed by atoms with Gasteiger partial charge in [-0.1, -0.05) is 0 Å². The summed E-state index contributed by atoms with van der Waals surface area (Å²) in [5.74, 6) is 1.20. The number of hydrogen-bond donors (Lipinski definition) is 1. The number of likely N-dealkylation sites (N-methyl/N-ethyl adjacent to an activating group) is 1. The number of rotatable bonds is 6. The molecule has 0 bridgehead atoms. The first-order chi connectivity index (χ1) is 12.6. The standard InChI is InChI=1S/C17H24N8O/c1-23(2)7-6-18-16-21-12-14(13-22-16)15(26)24-8-10-25(11-9-24)17-19-4-3-5-20-17/h3-5,12-13H,6-11H2,1-2H3,(H,18,21,22). The van der Waals surface area contributed by atoms with Crippen molar-refractivity contribution in [2.24, 2.45) is 0 Å². The lowest BCUT2D eigenvalue weighted by Gasteiger charge is -2.34. The van der Waals surface area contributed by atoms with Crippen molar-refractivity contribution in [3.05, 3.63) is 36.4 Å². The number of amides is 1. The third-order valence-corrected chi connectivity index (χ3v) is 4.14. The summed E-state index contributed by atoms with van der Waals surface area (Å²) in [5, 5.41) is 3.14. The van der Waals surface area contributed by atoms with Crippen molar-refractivity contribution in [2.75, 3.05) is 63.6 Å². The molecule has 0 aliphatic carbocycles. The highest BCUT2D eigenvalue weighted by Crippen LogP contribution is 2.12. The number of nitrogens with one attached hydrogen (secondary N) is 1. The van der Waals surface area contributed by atoms with E-state index in [-0.39, 0.29) is 5.91 Å². The van der Waals surface area contributed by atoms with Crippen LogP contribution in [0.2, 0.25) is 0 Å². The molecule has 0 unspecified atom stereocenters. The monoisotopic (exact) mass is 356 g/mol. The molecule has 138 valence electrons. The molecule has 1 fully saturated rings. The molecule has 9 heteroatoms. The molecule has 1 N–H and O–H groups in total. The fourth-order valence-electron chi connectivity index (χ4n) is 2.67. The van der Waals surface area contributed by atoms with E-state index < -0.39 is 0 Å². The Balaban J connectivity index is 1.52. The van der Waals surface area contributed by atoms with Crippen LogP contribution in [-0.2, 0) is 0 Å². The van der Waals surface area contributed by atoms with Crippen LogP contribution in [0, 0.1) is 0 Å². The Morgan fingerprint density at radius 1 is 1.08 bits per heavy atom. The van der Waals surface area contributed by atoms with Crippen molar-refractivity contribution in [1.82, 2.24) is 29.7 Å². The molecule has 3 heterocycles. The van der Waals surface area contributed by atoms with Crippen molar-refractivity contribution in [2.45, 2.75) is 0 Å². The summed E-state index contributed by atoms with van der Waals surface area (Å²) < 4.78 is 0. The van der Waals surface area contributed by atoms with Gasteiger partial charge >= 0.3 is 0 Å². The first kappa shape index (κ1) is 18.0. The molecule has 0 atom stereocenters. The lowest BCUT2D eigenvalue weighted by Crippen LogP contribution is -2.49. The molecule has 3 rings (SSSR count). The Hall–Kier alpha value is -2.81. The van der Waals surface area contributed by atoms with E-state index >= 15 is 0 Å². The Labute approximate surface area is 153 Å². The minimum Gasteiger partial charge on any atom is -0.353 e. The zero-order chi connectivity index (χ0) is 18.4. The lowest BCUT2D eigenvalue weighted by molar-refractivity contribution is 0.0745. The van der Waals surface area contributed by atoms with Gasteiger partial charge in [0.25, 0.3) is 5.91 Å². The number of piperazine rings is 1. The van der Waals surface area contributed by atoms with Crippen molar-refractivity contribution in [3.8, 4) is 0 Å². The summed E-state index contributed by atoms with van der Waals surface area (Å²) in [4.78, 5) is 35.6. The molecular formula is C17H24N8O. The molecule has 0 radical (unpaired) electrons. The second-order valence-corrected chi connectivity index (χ2v) is 6.35. The van der Waals surface area contributed by atoms with Crippen LogP contribution in [0.25, 0.3) is 0 Å². The molecule has 0 spiro atoms. The van der Waals surface area contributed by atoms with Crippen molar-refractivity contribution in [3.63, 3.8) is 0 Å². The second-order valence-electron chi connectivity index (χ2n) is 6.35. The SMILES string of the molecule is CN(C)CCNc1ncc(C(=O)N2CCN(c3ncccn3)CC2)cn1. The summed E-state index contributed by atoms with van der Waals surface area (Å²) in [5.41, 5.74) is 0.507. The summed E-state index contributed by atoms with van der Waals surface area (Å²) in [6.07, 6.45) is 6.62. The number of aromatic nitrogens is 4. The number of anilines is 2. The van der Waals surface area contributed by atoms with Crippen LogP contribution in [0.15, 0.2) is 30.9 Å². The quantitative estimate of drug-likeness (QED) is 0.785. The lowest BCUT2D eigenvalue weighted by atomic mass is 10.2. The van der Waals surface area contributed by atoms with Crippen LogP contribution in [0.1, 0.15) is 10.4 Å². The number of hydrogen-bond acceptors (Lipinski definition) is 8. The van der Waals surface area contributed by atoms with Crippen LogP contribution < -0.4 is 10.2 Å². The van der Waals surface area contributed by atoms with E-state index in [9.17, 15) is 4.79 Å². The van der Waals surface area contributed by atoms with Gasteiger partial charge in [0.15, 0.2) is 0 Å². The Kier molecular flexibility index (Phi) is 5.90. The van der Waals surface area contributed by atoms with Gasteiger partial charge in [-0.15, -0.1) is 0 Å². The fraction of sp³-hybridized carbons (Fsp3) is 0.471. The fourth-order valence-corrected chi connectivity index (χ4v) is 2.67. The zero-order valence-corrected chi connectivity index (χ0v) is 15.2. The molecule has 0 aromatic carbocycles. The van der Waals surface area contributed by atoms with Gasteiger partial charge in [-0.2, -0.15) is 0 Å². The van der Waals surface area contributed by atoms with Gasteiger partial charge in [0, 0.05) is 64.1 Å². The van der Waals surface area contributed by atoms with Gasteiger partial charge in [-0.25, -0.2) is 19.9 Å². The van der Waals surface area contributed by atoms with Crippen LogP contribution in [-0.4, -0.2) is 89.0 Å². The molecule has 26 heavy (non-hydrogen) atoms. The van der Waals surface area contributed by atoms with Crippen molar-refractivity contribution in [1.29, 1.82) is 0 Å². The third-order valence-electron chi connectivity index (χ3n) is 4.14. The third kappa shape index (κ3) is 4.63. The van der Waals surface area contributed by atoms with Crippen molar-refractivity contribution >= 4 is 17.8 Å². The van der Waals surface area contributed by atoms with Gasteiger partial charge in [0.05, 0.1) is 5.56 Å². The Bertz CT molecular complexity index is 698. The molecular weight excluding hydrogens is 332 g/mol. The summed E-state index contributed by atoms with van der Waals surface area (Å²) in [6.45, 7) is 4.31. The van der Waals surface area contributed by atoms with Gasteiger partial charge in [-0.3, -0.25) is 4.79 Å². The van der Waals surface area contributed by atoms with Gasteiger partial charge < -0.3 is 20.0 Å². The molecule has 2 aromatic rings.